The summed E-state index contributed by atoms with van der Waals surface area (Å²) in [4.78, 5) is 11.3. The van der Waals surface area contributed by atoms with Gasteiger partial charge in [-0.2, -0.15) is 0 Å². The van der Waals surface area contributed by atoms with Crippen LogP contribution in [0.1, 0.15) is 32.6 Å². The van der Waals surface area contributed by atoms with Crippen molar-refractivity contribution in [3.05, 3.63) is 0 Å². The lowest BCUT2D eigenvalue weighted by molar-refractivity contribution is 0.238. The second-order valence-electron chi connectivity index (χ2n) is 3.69. The minimum Gasteiger partial charge on any atom is -0.386 e. The molecule has 0 saturated heterocycles. The average Bonchev–Trinajstić information content (AvgIpc) is 2.87. The Labute approximate surface area is 83.9 Å². The van der Waals surface area contributed by atoms with E-state index in [-0.39, 0.29) is 17.9 Å². The Morgan fingerprint density at radius 2 is 2.29 bits per heavy atom. The maximum absolute atomic E-state index is 11.3. The molecule has 0 aromatic rings. The van der Waals surface area contributed by atoms with Crippen LogP contribution in [0.2, 0.25) is 0 Å². The largest absolute Gasteiger partial charge is 0.386 e. The van der Waals surface area contributed by atoms with Crippen LogP contribution < -0.4 is 16.4 Å². The van der Waals surface area contributed by atoms with Gasteiger partial charge in [-0.05, 0) is 19.3 Å². The van der Waals surface area contributed by atoms with Crippen molar-refractivity contribution >= 4 is 11.9 Å². The third-order valence-electron chi connectivity index (χ3n) is 2.17. The molecule has 1 saturated carbocycles. The molecule has 14 heavy (non-hydrogen) atoms. The number of carbonyl (C=O) groups excluding carboxylic acids is 1. The van der Waals surface area contributed by atoms with Crippen LogP contribution in [0.4, 0.5) is 4.79 Å². The van der Waals surface area contributed by atoms with Crippen LogP contribution >= 0.6 is 0 Å². The van der Waals surface area contributed by atoms with Gasteiger partial charge in [-0.25, -0.2) is 4.79 Å². The molecule has 0 heterocycles. The number of hydrogen-bond acceptors (Lipinski definition) is 2. The first-order valence-electron chi connectivity index (χ1n) is 5.04. The molecular formula is C9H18N4O. The maximum Gasteiger partial charge on any atom is 0.315 e. The fraction of sp³-hybridized carbons (Fsp3) is 0.778. The van der Waals surface area contributed by atoms with Crippen molar-refractivity contribution in [2.24, 2.45) is 5.73 Å². The normalized spacial score (nSPS) is 17.2. The molecule has 1 unspecified atom stereocenters. The number of amides is 2. The highest BCUT2D eigenvalue weighted by molar-refractivity contribution is 5.87. The summed E-state index contributed by atoms with van der Waals surface area (Å²) >= 11 is 0. The van der Waals surface area contributed by atoms with Crippen LogP contribution in [0, 0.1) is 5.41 Å². The summed E-state index contributed by atoms with van der Waals surface area (Å²) in [6.07, 6.45) is 3.74. The number of amidine groups is 1. The standard InChI is InChI=1S/C9H18N4O/c1-2-3-7(8(10)11)13-9(14)12-6-4-5-6/h6-7H,2-5H2,1H3,(H3,10,11)(H2,12,13,14). The van der Waals surface area contributed by atoms with Gasteiger partial charge in [0.25, 0.3) is 0 Å². The van der Waals surface area contributed by atoms with E-state index in [4.69, 9.17) is 11.1 Å². The molecule has 1 rings (SSSR count). The van der Waals surface area contributed by atoms with Gasteiger partial charge in [-0.15, -0.1) is 0 Å². The van der Waals surface area contributed by atoms with Crippen molar-refractivity contribution in [1.82, 2.24) is 10.6 Å². The second-order valence-corrected chi connectivity index (χ2v) is 3.69. The predicted octanol–water partition coefficient (Wildman–Crippen LogP) is 0.553. The summed E-state index contributed by atoms with van der Waals surface area (Å²) in [6.45, 7) is 2.00. The zero-order valence-electron chi connectivity index (χ0n) is 8.47. The highest BCUT2D eigenvalue weighted by Gasteiger charge is 2.24. The zero-order chi connectivity index (χ0) is 10.6. The first-order valence-corrected chi connectivity index (χ1v) is 5.04. The van der Waals surface area contributed by atoms with Gasteiger partial charge in [-0.3, -0.25) is 5.41 Å². The predicted molar refractivity (Wildman–Crippen MR) is 55.3 cm³/mol. The first-order chi connectivity index (χ1) is 6.63. The van der Waals surface area contributed by atoms with Crippen molar-refractivity contribution in [3.8, 4) is 0 Å². The molecule has 0 aromatic heterocycles. The first kappa shape index (κ1) is 10.8. The van der Waals surface area contributed by atoms with Gasteiger partial charge in [0.15, 0.2) is 0 Å². The Balaban J connectivity index is 2.29. The highest BCUT2D eigenvalue weighted by atomic mass is 16.2. The molecule has 2 amide bonds. The van der Waals surface area contributed by atoms with Crippen molar-refractivity contribution in [2.45, 2.75) is 44.7 Å². The number of nitrogens with two attached hydrogens (primary N) is 1. The van der Waals surface area contributed by atoms with E-state index in [1.807, 2.05) is 6.92 Å². The van der Waals surface area contributed by atoms with Crippen LogP contribution in [0.25, 0.3) is 0 Å². The van der Waals surface area contributed by atoms with Crippen molar-refractivity contribution in [1.29, 1.82) is 5.41 Å². The third kappa shape index (κ3) is 3.64. The van der Waals surface area contributed by atoms with Crippen molar-refractivity contribution in [3.63, 3.8) is 0 Å². The third-order valence-corrected chi connectivity index (χ3v) is 2.17. The summed E-state index contributed by atoms with van der Waals surface area (Å²) < 4.78 is 0. The van der Waals surface area contributed by atoms with Crippen LogP contribution in [0.3, 0.4) is 0 Å². The molecule has 5 N–H and O–H groups in total. The van der Waals surface area contributed by atoms with Crippen LogP contribution in [0.5, 0.6) is 0 Å². The molecule has 1 aliphatic carbocycles. The summed E-state index contributed by atoms with van der Waals surface area (Å²) in [5.41, 5.74) is 5.36. The minimum absolute atomic E-state index is 0.0257. The molecule has 1 aliphatic rings. The summed E-state index contributed by atoms with van der Waals surface area (Å²) in [6, 6.07) is -0.191. The van der Waals surface area contributed by atoms with Gasteiger partial charge in [0.2, 0.25) is 0 Å². The van der Waals surface area contributed by atoms with E-state index in [1.54, 1.807) is 0 Å². The van der Waals surface area contributed by atoms with Gasteiger partial charge < -0.3 is 16.4 Å². The monoisotopic (exact) mass is 198 g/mol. The van der Waals surface area contributed by atoms with E-state index in [0.29, 0.717) is 12.5 Å². The zero-order valence-corrected chi connectivity index (χ0v) is 8.47. The Morgan fingerprint density at radius 3 is 2.71 bits per heavy atom. The van der Waals surface area contributed by atoms with E-state index in [1.165, 1.54) is 0 Å². The number of carbonyl (C=O) groups is 1. The second kappa shape index (κ2) is 4.83. The number of rotatable bonds is 5. The molecule has 0 radical (unpaired) electrons. The molecule has 80 valence electrons. The lowest BCUT2D eigenvalue weighted by Gasteiger charge is -2.16. The number of urea groups is 1. The fourth-order valence-electron chi connectivity index (χ4n) is 1.21. The lowest BCUT2D eigenvalue weighted by Crippen LogP contribution is -2.48. The van der Waals surface area contributed by atoms with Crippen molar-refractivity contribution in [2.75, 3.05) is 0 Å². The van der Waals surface area contributed by atoms with E-state index in [9.17, 15) is 4.79 Å². The maximum atomic E-state index is 11.3. The van der Waals surface area contributed by atoms with E-state index in [2.05, 4.69) is 10.6 Å². The molecule has 0 bridgehead atoms. The van der Waals surface area contributed by atoms with Gasteiger partial charge in [-0.1, -0.05) is 13.3 Å². The quantitative estimate of drug-likeness (QED) is 0.384. The summed E-state index contributed by atoms with van der Waals surface area (Å²) in [5, 5.41) is 12.8. The molecule has 0 spiro atoms. The summed E-state index contributed by atoms with van der Waals surface area (Å²) in [5.74, 6) is 0.0257. The number of nitrogens with one attached hydrogen (secondary N) is 3. The molecule has 5 heteroatoms. The Bertz CT molecular complexity index is 225. The number of hydrogen-bond donors (Lipinski definition) is 4. The smallest absolute Gasteiger partial charge is 0.315 e. The molecule has 1 atom stereocenters. The molecule has 0 aliphatic heterocycles. The van der Waals surface area contributed by atoms with Gasteiger partial charge in [0.05, 0.1) is 6.04 Å². The minimum atomic E-state index is -0.321. The molecule has 5 nitrogen and oxygen atoms in total. The van der Waals surface area contributed by atoms with Crippen LogP contribution in [0.15, 0.2) is 0 Å². The van der Waals surface area contributed by atoms with E-state index < -0.39 is 0 Å². The van der Waals surface area contributed by atoms with Gasteiger partial charge >= 0.3 is 6.03 Å². The Morgan fingerprint density at radius 1 is 1.64 bits per heavy atom. The highest BCUT2D eigenvalue weighted by Crippen LogP contribution is 2.18. The fourth-order valence-corrected chi connectivity index (χ4v) is 1.21. The van der Waals surface area contributed by atoms with E-state index >= 15 is 0 Å². The SMILES string of the molecule is CCCC(NC(=O)NC1CC1)C(=N)N. The average molecular weight is 198 g/mol. The van der Waals surface area contributed by atoms with Gasteiger partial charge in [0.1, 0.15) is 5.84 Å². The Hall–Kier alpha value is -1.26. The topological polar surface area (TPSA) is 91.0 Å². The summed E-state index contributed by atoms with van der Waals surface area (Å²) in [7, 11) is 0. The van der Waals surface area contributed by atoms with Crippen LogP contribution in [-0.2, 0) is 0 Å². The molecular weight excluding hydrogens is 180 g/mol. The van der Waals surface area contributed by atoms with E-state index in [0.717, 1.165) is 19.3 Å². The molecule has 0 aromatic carbocycles. The van der Waals surface area contributed by atoms with Crippen LogP contribution in [-0.4, -0.2) is 24.0 Å². The molecule has 1 fully saturated rings. The lowest BCUT2D eigenvalue weighted by atomic mass is 10.1. The van der Waals surface area contributed by atoms with Gasteiger partial charge in [0, 0.05) is 6.04 Å². The van der Waals surface area contributed by atoms with Crippen molar-refractivity contribution < 1.29 is 4.79 Å². The Kier molecular flexibility index (Phi) is 3.73.